The fourth-order valence-corrected chi connectivity index (χ4v) is 4.22. The van der Waals surface area contributed by atoms with E-state index in [-0.39, 0.29) is 17.5 Å². The lowest BCUT2D eigenvalue weighted by Crippen LogP contribution is -2.28. The minimum atomic E-state index is -0.576. The largest absolute Gasteiger partial charge is 0.378 e. The zero-order valence-electron chi connectivity index (χ0n) is 20.0. The number of anilines is 3. The molecule has 0 aliphatic carbocycles. The van der Waals surface area contributed by atoms with Gasteiger partial charge in [0.25, 0.3) is 0 Å². The van der Waals surface area contributed by atoms with E-state index < -0.39 is 4.92 Å². The smallest absolute Gasteiger partial charge is 0.319 e. The van der Waals surface area contributed by atoms with Crippen molar-refractivity contribution in [1.29, 1.82) is 0 Å². The number of pyridine rings is 2. The molecule has 2 amide bonds. The fourth-order valence-electron chi connectivity index (χ4n) is 3.71. The van der Waals surface area contributed by atoms with E-state index in [1.807, 2.05) is 23.0 Å². The maximum Gasteiger partial charge on any atom is 0.319 e. The van der Waals surface area contributed by atoms with Crippen LogP contribution in [-0.4, -0.2) is 32.0 Å². The third-order valence-corrected chi connectivity index (χ3v) is 6.07. The molecule has 4 rings (SSSR count). The Labute approximate surface area is 228 Å². The van der Waals surface area contributed by atoms with Crippen molar-refractivity contribution in [2.24, 2.45) is 0 Å². The molecule has 0 saturated carbocycles. The molecular weight excluding hydrogens is 531 g/mol. The lowest BCUT2D eigenvalue weighted by Gasteiger charge is -2.09. The normalized spacial score (nSPS) is 10.7. The molecule has 13 heteroatoms. The summed E-state index contributed by atoms with van der Waals surface area (Å²) >= 11 is 12.5. The van der Waals surface area contributed by atoms with Gasteiger partial charge in [0.05, 0.1) is 15.6 Å². The van der Waals surface area contributed by atoms with Crippen LogP contribution in [0.25, 0.3) is 11.1 Å². The summed E-state index contributed by atoms with van der Waals surface area (Å²) in [6.45, 7) is 1.46. The molecule has 0 spiro atoms. The second-order valence-corrected chi connectivity index (χ2v) is 9.10. The van der Waals surface area contributed by atoms with E-state index in [1.54, 1.807) is 36.7 Å². The van der Waals surface area contributed by atoms with Crippen molar-refractivity contribution in [2.45, 2.75) is 19.5 Å². The number of nitro groups is 1. The Morgan fingerprint density at radius 3 is 2.68 bits per heavy atom. The first-order valence-corrected chi connectivity index (χ1v) is 12.3. The van der Waals surface area contributed by atoms with Gasteiger partial charge in [-0.3, -0.25) is 15.1 Å². The predicted molar refractivity (Wildman–Crippen MR) is 148 cm³/mol. The van der Waals surface area contributed by atoms with Gasteiger partial charge in [0.1, 0.15) is 5.82 Å². The van der Waals surface area contributed by atoms with Crippen LogP contribution >= 0.6 is 23.2 Å². The fraction of sp³-hybridized carbons (Fsp3) is 0.160. The molecule has 11 nitrogen and oxygen atoms in total. The van der Waals surface area contributed by atoms with Crippen molar-refractivity contribution in [1.82, 2.24) is 19.9 Å². The summed E-state index contributed by atoms with van der Waals surface area (Å²) in [5.74, 6) is 0.300. The Bertz CT molecular complexity index is 1450. The maximum absolute atomic E-state index is 12.7. The number of nitrogens with two attached hydrogens (primary N) is 1. The molecule has 5 N–H and O–H groups in total. The van der Waals surface area contributed by atoms with Gasteiger partial charge in [-0.05, 0) is 36.2 Å². The summed E-state index contributed by atoms with van der Waals surface area (Å²) < 4.78 is 1.94. The highest BCUT2D eigenvalue weighted by Gasteiger charge is 2.16. The van der Waals surface area contributed by atoms with Crippen molar-refractivity contribution in [3.63, 3.8) is 0 Å². The van der Waals surface area contributed by atoms with Crippen molar-refractivity contribution in [3.05, 3.63) is 93.0 Å². The van der Waals surface area contributed by atoms with E-state index in [0.29, 0.717) is 47.6 Å². The van der Waals surface area contributed by atoms with E-state index in [9.17, 15) is 14.9 Å². The van der Waals surface area contributed by atoms with Gasteiger partial charge in [0.15, 0.2) is 0 Å². The van der Waals surface area contributed by atoms with Crippen LogP contribution in [0.15, 0.2) is 67.3 Å². The second-order valence-electron chi connectivity index (χ2n) is 8.25. The van der Waals surface area contributed by atoms with Crippen LogP contribution in [0, 0.1) is 10.1 Å². The molecule has 0 atom stereocenters. The summed E-state index contributed by atoms with van der Waals surface area (Å²) in [6.07, 6.45) is 7.76. The highest BCUT2D eigenvalue weighted by atomic mass is 35.5. The molecule has 3 aromatic heterocycles. The van der Waals surface area contributed by atoms with E-state index in [2.05, 4.69) is 25.9 Å². The van der Waals surface area contributed by atoms with Crippen LogP contribution in [0.1, 0.15) is 12.0 Å². The first-order chi connectivity index (χ1) is 18.3. The van der Waals surface area contributed by atoms with Gasteiger partial charge in [-0.15, -0.1) is 0 Å². The molecule has 0 aliphatic rings. The first-order valence-electron chi connectivity index (χ1n) is 11.5. The molecular formula is C25H24Cl2N8O3. The van der Waals surface area contributed by atoms with Crippen LogP contribution in [0.4, 0.5) is 27.8 Å². The third-order valence-electron chi connectivity index (χ3n) is 5.52. The molecule has 4 aromatic rings. The molecule has 38 heavy (non-hydrogen) atoms. The average Bonchev–Trinajstić information content (AvgIpc) is 3.27. The molecule has 0 unspecified atom stereocenters. The number of amides is 2. The number of hydrogen-bond acceptors (Lipinski definition) is 7. The van der Waals surface area contributed by atoms with Crippen molar-refractivity contribution in [3.8, 4) is 11.1 Å². The molecule has 1 aromatic carbocycles. The lowest BCUT2D eigenvalue weighted by atomic mass is 10.1. The van der Waals surface area contributed by atoms with Crippen molar-refractivity contribution >= 4 is 52.2 Å². The second kappa shape index (κ2) is 12.3. The number of halogens is 2. The monoisotopic (exact) mass is 554 g/mol. The summed E-state index contributed by atoms with van der Waals surface area (Å²) in [4.78, 5) is 31.0. The minimum Gasteiger partial charge on any atom is -0.378 e. The number of aromatic nitrogens is 3. The Morgan fingerprint density at radius 2 is 1.97 bits per heavy atom. The number of nitrogens with zero attached hydrogens (tertiary/aromatic N) is 4. The Morgan fingerprint density at radius 1 is 1.13 bits per heavy atom. The van der Waals surface area contributed by atoms with Gasteiger partial charge in [-0.2, -0.15) is 0 Å². The van der Waals surface area contributed by atoms with Crippen LogP contribution in [0.2, 0.25) is 10.0 Å². The summed E-state index contributed by atoms with van der Waals surface area (Å²) in [5, 5.41) is 20.7. The van der Waals surface area contributed by atoms with Gasteiger partial charge in [-0.25, -0.2) is 9.78 Å². The number of nitrogen functional groups attached to an aromatic ring is 1. The predicted octanol–water partition coefficient (Wildman–Crippen LogP) is 5.57. The maximum atomic E-state index is 12.7. The number of benzene rings is 1. The van der Waals surface area contributed by atoms with Gasteiger partial charge >= 0.3 is 11.7 Å². The van der Waals surface area contributed by atoms with Gasteiger partial charge in [-0.1, -0.05) is 35.3 Å². The number of carbonyl (C=O) groups is 1. The van der Waals surface area contributed by atoms with E-state index in [4.69, 9.17) is 28.9 Å². The van der Waals surface area contributed by atoms with Crippen LogP contribution in [-0.2, 0) is 13.1 Å². The van der Waals surface area contributed by atoms with E-state index in [0.717, 1.165) is 16.7 Å². The molecule has 0 radical (unpaired) electrons. The zero-order valence-corrected chi connectivity index (χ0v) is 21.5. The third kappa shape index (κ3) is 6.90. The standard InChI is InChI=1S/C25H24Cl2N8O3/c26-17-4-5-18(20(27)11-17)19-14-34(10-2-9-30-23-7-6-22(35(37)38)24(28)33-23)15-21(19)32-25(36)31-13-16-3-1-8-29-12-16/h1,3-8,11-12,14-15H,2,9-10,13H2,(H3,28,30,33)(H2,31,32,36). The number of rotatable bonds is 10. The molecule has 196 valence electrons. The van der Waals surface area contributed by atoms with Crippen LogP contribution in [0.5, 0.6) is 0 Å². The zero-order chi connectivity index (χ0) is 27.1. The molecule has 0 fully saturated rings. The Hall–Kier alpha value is -4.35. The first kappa shape index (κ1) is 26.7. The number of urea groups is 1. The van der Waals surface area contributed by atoms with E-state index >= 15 is 0 Å². The average molecular weight is 555 g/mol. The number of aryl methyl sites for hydroxylation is 1. The highest BCUT2D eigenvalue weighted by Crippen LogP contribution is 2.36. The number of nitrogens with one attached hydrogen (secondary N) is 3. The van der Waals surface area contributed by atoms with Crippen molar-refractivity contribution < 1.29 is 9.72 Å². The Balaban J connectivity index is 1.43. The quantitative estimate of drug-likeness (QED) is 0.113. The topological polar surface area (TPSA) is 153 Å². The van der Waals surface area contributed by atoms with Gasteiger partial charge in [0, 0.05) is 66.6 Å². The number of hydrogen-bond donors (Lipinski definition) is 4. The molecule has 3 heterocycles. The number of carbonyl (C=O) groups excluding carboxylic acids is 1. The van der Waals surface area contributed by atoms with Crippen molar-refractivity contribution in [2.75, 3.05) is 22.9 Å². The van der Waals surface area contributed by atoms with Crippen LogP contribution in [0.3, 0.4) is 0 Å². The van der Waals surface area contributed by atoms with Gasteiger partial charge in [0.2, 0.25) is 5.82 Å². The molecule has 0 saturated heterocycles. The lowest BCUT2D eigenvalue weighted by molar-refractivity contribution is -0.384. The van der Waals surface area contributed by atoms with E-state index in [1.165, 1.54) is 12.1 Å². The SMILES string of the molecule is Nc1nc(NCCCn2cc(NC(=O)NCc3cccnc3)c(-c3ccc(Cl)cc3Cl)c2)ccc1[N+](=O)[O-]. The molecule has 0 aliphatic heterocycles. The molecule has 0 bridgehead atoms. The van der Waals surface area contributed by atoms with Crippen LogP contribution < -0.4 is 21.7 Å². The minimum absolute atomic E-state index is 0.146. The van der Waals surface area contributed by atoms with Gasteiger partial charge < -0.3 is 26.3 Å². The Kier molecular flexibility index (Phi) is 8.62. The summed E-state index contributed by atoms with van der Waals surface area (Å²) in [5.41, 5.74) is 8.33. The summed E-state index contributed by atoms with van der Waals surface area (Å²) in [7, 11) is 0. The highest BCUT2D eigenvalue weighted by molar-refractivity contribution is 6.36. The summed E-state index contributed by atoms with van der Waals surface area (Å²) in [6, 6.07) is 11.3.